The smallest absolute Gasteiger partial charge is 0.324 e. The van der Waals surface area contributed by atoms with Gasteiger partial charge in [-0.25, -0.2) is 9.78 Å². The minimum absolute atomic E-state index is 0.000304. The third kappa shape index (κ3) is 5.35. The fraction of sp³-hybridized carbons (Fsp3) is 0.250. The Kier molecular flexibility index (Phi) is 7.32. The number of imidazole rings is 1. The predicted molar refractivity (Wildman–Crippen MR) is 158 cm³/mol. The Morgan fingerprint density at radius 1 is 1.05 bits per heavy atom. The van der Waals surface area contributed by atoms with Crippen LogP contribution in [0, 0.1) is 6.92 Å². The monoisotopic (exact) mass is 567 g/mol. The Labute approximate surface area is 242 Å². The number of carbonyl (C=O) groups excluding carboxylic acids is 3. The van der Waals surface area contributed by atoms with Gasteiger partial charge in [-0.2, -0.15) is 0 Å². The molecule has 3 amide bonds. The summed E-state index contributed by atoms with van der Waals surface area (Å²) in [5, 5.41) is 4.33. The number of benzene rings is 2. The molecule has 0 saturated carbocycles. The van der Waals surface area contributed by atoms with Crippen LogP contribution in [-0.4, -0.2) is 49.6 Å². The topological polar surface area (TPSA) is 99.6 Å². The van der Waals surface area contributed by atoms with E-state index in [2.05, 4.69) is 26.6 Å². The maximum Gasteiger partial charge on any atom is 0.324 e. The molecule has 1 aliphatic rings. The summed E-state index contributed by atoms with van der Waals surface area (Å²) in [6, 6.07) is 16.3. The van der Waals surface area contributed by atoms with E-state index in [0.29, 0.717) is 23.4 Å². The van der Waals surface area contributed by atoms with Gasteiger partial charge >= 0.3 is 6.03 Å². The molecule has 1 unspecified atom stereocenters. The van der Waals surface area contributed by atoms with Gasteiger partial charge in [0.05, 0.1) is 10.5 Å². The van der Waals surface area contributed by atoms with E-state index in [4.69, 9.17) is 11.6 Å². The summed E-state index contributed by atoms with van der Waals surface area (Å²) in [4.78, 5) is 47.5. The summed E-state index contributed by atoms with van der Waals surface area (Å²) in [7, 11) is 0. The lowest BCUT2D eigenvalue weighted by Crippen LogP contribution is -2.33. The molecule has 1 atom stereocenters. The molecule has 4 heterocycles. The number of para-hydroxylation sites is 1. The SMILES string of the molecule is Cc1ccc(C(=O)CCCN2C(=O)NC(Cc3c[nH]c4c(Cl)cccc34)C2=O)cc1CCc1cnc2ccccn12. The predicted octanol–water partition coefficient (Wildman–Crippen LogP) is 5.69. The fourth-order valence-electron chi connectivity index (χ4n) is 5.58. The number of amides is 3. The number of imide groups is 1. The van der Waals surface area contributed by atoms with Gasteiger partial charge in [0.15, 0.2) is 5.78 Å². The number of aromatic amines is 1. The Morgan fingerprint density at radius 3 is 2.80 bits per heavy atom. The third-order valence-electron chi connectivity index (χ3n) is 7.88. The lowest BCUT2D eigenvalue weighted by Gasteiger charge is -2.13. The van der Waals surface area contributed by atoms with Crippen molar-refractivity contribution in [3.63, 3.8) is 0 Å². The minimum Gasteiger partial charge on any atom is -0.360 e. The van der Waals surface area contributed by atoms with Crippen molar-refractivity contribution in [3.8, 4) is 0 Å². The van der Waals surface area contributed by atoms with Crippen LogP contribution in [0.4, 0.5) is 4.79 Å². The summed E-state index contributed by atoms with van der Waals surface area (Å²) >= 11 is 6.25. The van der Waals surface area contributed by atoms with E-state index < -0.39 is 12.1 Å². The van der Waals surface area contributed by atoms with Crippen molar-refractivity contribution in [2.24, 2.45) is 0 Å². The van der Waals surface area contributed by atoms with Crippen LogP contribution in [0.15, 0.2) is 73.2 Å². The maximum absolute atomic E-state index is 13.0. The van der Waals surface area contributed by atoms with Crippen LogP contribution in [-0.2, 0) is 24.1 Å². The van der Waals surface area contributed by atoms with E-state index in [1.165, 1.54) is 4.90 Å². The molecular weight excluding hydrogens is 538 g/mol. The Hall–Kier alpha value is -4.43. The zero-order valence-corrected chi connectivity index (χ0v) is 23.4. The molecule has 208 valence electrons. The average Bonchev–Trinajstić information content (AvgIpc) is 3.65. The molecule has 1 aliphatic heterocycles. The molecular formula is C32H30ClN5O3. The van der Waals surface area contributed by atoms with Crippen LogP contribution in [0.2, 0.25) is 5.02 Å². The standard InChI is InChI=1S/C32H30ClN5O3/c1-20-10-11-22(16-21(20)12-13-24-19-34-29-9-2-3-14-37(24)29)28(39)8-5-15-38-31(40)27(36-32(38)41)17-23-18-35-30-25(23)6-4-7-26(30)33/h2-4,6-7,9-11,14,16,18-19,27,35H,5,8,12-13,15,17H2,1H3,(H,36,41). The number of carbonyl (C=O) groups is 3. The van der Waals surface area contributed by atoms with Crippen molar-refractivity contribution in [2.75, 3.05) is 6.54 Å². The second-order valence-electron chi connectivity index (χ2n) is 10.5. The number of ketones is 1. The molecule has 1 fully saturated rings. The number of pyridine rings is 1. The van der Waals surface area contributed by atoms with E-state index in [9.17, 15) is 14.4 Å². The quantitative estimate of drug-likeness (QED) is 0.167. The number of aryl methyl sites for hydroxylation is 3. The second-order valence-corrected chi connectivity index (χ2v) is 10.9. The highest BCUT2D eigenvalue weighted by atomic mass is 35.5. The van der Waals surface area contributed by atoms with Crippen molar-refractivity contribution < 1.29 is 14.4 Å². The molecule has 0 aliphatic carbocycles. The van der Waals surface area contributed by atoms with Gasteiger partial charge in [-0.1, -0.05) is 41.9 Å². The lowest BCUT2D eigenvalue weighted by molar-refractivity contribution is -0.127. The highest BCUT2D eigenvalue weighted by Crippen LogP contribution is 2.27. The molecule has 5 aromatic rings. The van der Waals surface area contributed by atoms with Crippen molar-refractivity contribution in [3.05, 3.63) is 106 Å². The summed E-state index contributed by atoms with van der Waals surface area (Å²) in [6.45, 7) is 2.25. The fourth-order valence-corrected chi connectivity index (χ4v) is 5.81. The first-order chi connectivity index (χ1) is 19.9. The lowest BCUT2D eigenvalue weighted by atomic mass is 9.97. The third-order valence-corrected chi connectivity index (χ3v) is 8.20. The van der Waals surface area contributed by atoms with Gasteiger partial charge in [-0.3, -0.25) is 14.5 Å². The number of hydrogen-bond acceptors (Lipinski definition) is 4. The normalized spacial score (nSPS) is 15.3. The number of halogens is 1. The van der Waals surface area contributed by atoms with Gasteiger partial charge in [-0.05, 0) is 67.1 Å². The zero-order chi connectivity index (χ0) is 28.5. The molecule has 1 saturated heterocycles. The second kappa shape index (κ2) is 11.2. The maximum atomic E-state index is 13.0. The van der Waals surface area contributed by atoms with Gasteiger partial charge in [0.25, 0.3) is 5.91 Å². The molecule has 0 bridgehead atoms. The molecule has 0 radical (unpaired) electrons. The zero-order valence-electron chi connectivity index (χ0n) is 22.7. The average molecular weight is 568 g/mol. The van der Waals surface area contributed by atoms with E-state index in [1.54, 1.807) is 6.07 Å². The Morgan fingerprint density at radius 2 is 1.93 bits per heavy atom. The number of Topliss-reactive ketones (excluding diaryl/α,β-unsaturated/α-hetero) is 1. The highest BCUT2D eigenvalue weighted by Gasteiger charge is 2.37. The number of hydrogen-bond donors (Lipinski definition) is 2. The van der Waals surface area contributed by atoms with Crippen LogP contribution in [0.5, 0.6) is 0 Å². The summed E-state index contributed by atoms with van der Waals surface area (Å²) in [5.74, 6) is -0.274. The van der Waals surface area contributed by atoms with Crippen LogP contribution in [0.25, 0.3) is 16.6 Å². The molecule has 6 rings (SSSR count). The summed E-state index contributed by atoms with van der Waals surface area (Å²) < 4.78 is 2.08. The number of urea groups is 1. The van der Waals surface area contributed by atoms with Gasteiger partial charge in [0.2, 0.25) is 0 Å². The molecule has 0 spiro atoms. The largest absolute Gasteiger partial charge is 0.360 e. The number of nitrogens with zero attached hydrogens (tertiary/aromatic N) is 3. The number of aromatic nitrogens is 3. The molecule has 9 heteroatoms. The van der Waals surface area contributed by atoms with Crippen LogP contribution in [0.3, 0.4) is 0 Å². The van der Waals surface area contributed by atoms with Gasteiger partial charge < -0.3 is 14.7 Å². The number of H-pyrrole nitrogens is 1. The first kappa shape index (κ1) is 26.8. The molecule has 41 heavy (non-hydrogen) atoms. The van der Waals surface area contributed by atoms with Crippen LogP contribution < -0.4 is 5.32 Å². The number of nitrogens with one attached hydrogen (secondary N) is 2. The van der Waals surface area contributed by atoms with E-state index >= 15 is 0 Å². The number of rotatable bonds is 10. The molecule has 2 aromatic carbocycles. The first-order valence-electron chi connectivity index (χ1n) is 13.8. The summed E-state index contributed by atoms with van der Waals surface area (Å²) in [5.41, 5.74) is 6.67. The van der Waals surface area contributed by atoms with Crippen molar-refractivity contribution in [2.45, 2.75) is 45.1 Å². The molecule has 3 aromatic heterocycles. The van der Waals surface area contributed by atoms with Crippen molar-refractivity contribution in [1.82, 2.24) is 24.6 Å². The van der Waals surface area contributed by atoms with Gasteiger partial charge in [0.1, 0.15) is 11.7 Å². The Balaban J connectivity index is 1.04. The van der Waals surface area contributed by atoms with Crippen LogP contribution >= 0.6 is 11.6 Å². The molecule has 2 N–H and O–H groups in total. The van der Waals surface area contributed by atoms with Crippen molar-refractivity contribution in [1.29, 1.82) is 0 Å². The minimum atomic E-state index is -0.649. The van der Waals surface area contributed by atoms with E-state index in [0.717, 1.165) is 51.8 Å². The van der Waals surface area contributed by atoms with E-state index in [1.807, 2.05) is 67.1 Å². The van der Waals surface area contributed by atoms with Gasteiger partial charge in [0, 0.05) is 54.6 Å². The van der Waals surface area contributed by atoms with Crippen LogP contribution in [0.1, 0.15) is 45.6 Å². The van der Waals surface area contributed by atoms with Gasteiger partial charge in [-0.15, -0.1) is 0 Å². The first-order valence-corrected chi connectivity index (χ1v) is 14.2. The summed E-state index contributed by atoms with van der Waals surface area (Å²) in [6.07, 6.45) is 8.35. The highest BCUT2D eigenvalue weighted by molar-refractivity contribution is 6.35. The van der Waals surface area contributed by atoms with E-state index in [-0.39, 0.29) is 24.7 Å². The van der Waals surface area contributed by atoms with Crippen molar-refractivity contribution >= 4 is 45.9 Å². The Bertz CT molecular complexity index is 1790. The number of fused-ring (bicyclic) bond motifs is 2. The molecule has 8 nitrogen and oxygen atoms in total.